The minimum absolute atomic E-state index is 0.0925. The van der Waals surface area contributed by atoms with Crippen molar-refractivity contribution in [1.82, 2.24) is 30.1 Å². The summed E-state index contributed by atoms with van der Waals surface area (Å²) in [6.45, 7) is 3.93. The van der Waals surface area contributed by atoms with Gasteiger partial charge in [-0.05, 0) is 46.9 Å². The Labute approximate surface area is 179 Å². The summed E-state index contributed by atoms with van der Waals surface area (Å²) in [7, 11) is 1.61. The Kier molecular flexibility index (Phi) is 5.66. The minimum atomic E-state index is -0.379. The molecule has 10 nitrogen and oxygen atoms in total. The molecule has 0 saturated carbocycles. The van der Waals surface area contributed by atoms with Gasteiger partial charge in [-0.15, -0.1) is 5.10 Å². The molecule has 2 saturated heterocycles. The second-order valence-electron chi connectivity index (χ2n) is 7.91. The van der Waals surface area contributed by atoms with Crippen molar-refractivity contribution in [3.8, 4) is 5.75 Å². The topological polar surface area (TPSA) is 107 Å². The second-order valence-corrected chi connectivity index (χ2v) is 7.91. The van der Waals surface area contributed by atoms with Crippen molar-refractivity contribution in [3.63, 3.8) is 0 Å². The van der Waals surface area contributed by atoms with Gasteiger partial charge in [-0.3, -0.25) is 9.69 Å². The van der Waals surface area contributed by atoms with Gasteiger partial charge < -0.3 is 19.2 Å². The van der Waals surface area contributed by atoms with Gasteiger partial charge in [0, 0.05) is 31.3 Å². The van der Waals surface area contributed by atoms with Gasteiger partial charge >= 0.3 is 0 Å². The summed E-state index contributed by atoms with van der Waals surface area (Å²) in [6, 6.07) is 7.20. The Morgan fingerprint density at radius 1 is 1.26 bits per heavy atom. The number of ether oxygens (including phenoxy) is 3. The molecule has 1 N–H and O–H groups in total. The fraction of sp³-hybridized carbons (Fsp3) is 0.524. The largest absolute Gasteiger partial charge is 0.497 e. The van der Waals surface area contributed by atoms with Crippen LogP contribution in [0.3, 0.4) is 0 Å². The number of hydrogen-bond acceptors (Lipinski definition) is 8. The predicted molar refractivity (Wildman–Crippen MR) is 112 cm³/mol. The molecular formula is C21H26N6O4. The van der Waals surface area contributed by atoms with Gasteiger partial charge in [0.05, 0.1) is 38.5 Å². The number of benzene rings is 1. The summed E-state index contributed by atoms with van der Waals surface area (Å²) >= 11 is 0. The van der Waals surface area contributed by atoms with E-state index in [0.717, 1.165) is 30.4 Å². The quantitative estimate of drug-likeness (QED) is 0.625. The number of methoxy groups -OCH3 is 1. The van der Waals surface area contributed by atoms with Gasteiger partial charge in [-0.1, -0.05) is 0 Å². The van der Waals surface area contributed by atoms with E-state index in [4.69, 9.17) is 14.2 Å². The predicted octanol–water partition coefficient (Wildman–Crippen LogP) is 1.12. The molecule has 0 bridgehead atoms. The van der Waals surface area contributed by atoms with E-state index >= 15 is 0 Å². The first-order valence-electron chi connectivity index (χ1n) is 10.6. The van der Waals surface area contributed by atoms with E-state index in [1.165, 1.54) is 0 Å². The SMILES string of the molecule is COc1ccc2cc([C@H](c3nnnn3C[C@@H]3CCCO3)N3CCOCC3)c(=O)[nH]c2c1. The summed E-state index contributed by atoms with van der Waals surface area (Å²) < 4.78 is 18.4. The summed E-state index contributed by atoms with van der Waals surface area (Å²) in [5.74, 6) is 1.34. The number of fused-ring (bicyclic) bond motifs is 1. The Morgan fingerprint density at radius 2 is 2.13 bits per heavy atom. The first kappa shape index (κ1) is 20.1. The maximum atomic E-state index is 13.2. The summed E-state index contributed by atoms with van der Waals surface area (Å²) in [5.41, 5.74) is 1.18. The highest BCUT2D eigenvalue weighted by Crippen LogP contribution is 2.29. The average Bonchev–Trinajstić information content (AvgIpc) is 3.48. The number of aromatic nitrogens is 5. The Bertz CT molecular complexity index is 1100. The molecule has 0 aliphatic carbocycles. The van der Waals surface area contributed by atoms with Crippen LogP contribution in [0.15, 0.2) is 29.1 Å². The van der Waals surface area contributed by atoms with Crippen LogP contribution in [0.25, 0.3) is 10.9 Å². The van der Waals surface area contributed by atoms with Gasteiger partial charge in [-0.25, -0.2) is 4.68 Å². The van der Waals surface area contributed by atoms with E-state index in [1.807, 2.05) is 24.3 Å². The van der Waals surface area contributed by atoms with Gasteiger partial charge in [0.1, 0.15) is 11.8 Å². The molecule has 3 aromatic rings. The van der Waals surface area contributed by atoms with Crippen LogP contribution in [0.5, 0.6) is 5.75 Å². The highest BCUT2D eigenvalue weighted by molar-refractivity contribution is 5.80. The zero-order chi connectivity index (χ0) is 21.2. The van der Waals surface area contributed by atoms with Crippen LogP contribution in [-0.2, 0) is 16.0 Å². The molecule has 31 heavy (non-hydrogen) atoms. The van der Waals surface area contributed by atoms with Crippen LogP contribution < -0.4 is 10.3 Å². The number of pyridine rings is 1. The van der Waals surface area contributed by atoms with Crippen molar-refractivity contribution < 1.29 is 14.2 Å². The van der Waals surface area contributed by atoms with Crippen LogP contribution >= 0.6 is 0 Å². The Balaban J connectivity index is 1.58. The molecule has 2 atom stereocenters. The average molecular weight is 426 g/mol. The standard InChI is InChI=1S/C21H26N6O4/c1-29-15-5-4-14-11-17(21(28)22-18(14)12-15)19(26-6-9-30-10-7-26)20-23-24-25-27(20)13-16-3-2-8-31-16/h4-5,11-12,16,19H,2-3,6-10,13H2,1H3,(H,22,28)/t16-,19+/m0/s1. The van der Waals surface area contributed by atoms with Gasteiger partial charge in [0.2, 0.25) is 0 Å². The van der Waals surface area contributed by atoms with E-state index in [2.05, 4.69) is 25.4 Å². The van der Waals surface area contributed by atoms with Crippen LogP contribution in [0.4, 0.5) is 0 Å². The summed E-state index contributed by atoms with van der Waals surface area (Å²) in [6.07, 6.45) is 2.12. The lowest BCUT2D eigenvalue weighted by atomic mass is 10.0. The molecule has 2 aromatic heterocycles. The molecule has 1 aromatic carbocycles. The molecule has 4 heterocycles. The van der Waals surface area contributed by atoms with Crippen LogP contribution in [-0.4, -0.2) is 76.2 Å². The number of hydrogen-bond donors (Lipinski definition) is 1. The van der Waals surface area contributed by atoms with Crippen LogP contribution in [0.2, 0.25) is 0 Å². The number of aromatic amines is 1. The van der Waals surface area contributed by atoms with E-state index in [1.54, 1.807) is 11.8 Å². The van der Waals surface area contributed by atoms with Gasteiger partial charge in [-0.2, -0.15) is 0 Å². The number of rotatable bonds is 6. The molecule has 0 amide bonds. The zero-order valence-electron chi connectivity index (χ0n) is 17.5. The lowest BCUT2D eigenvalue weighted by Gasteiger charge is -2.33. The summed E-state index contributed by atoms with van der Waals surface area (Å²) in [4.78, 5) is 18.4. The molecule has 10 heteroatoms. The third-order valence-corrected chi connectivity index (χ3v) is 5.99. The Morgan fingerprint density at radius 3 is 2.90 bits per heavy atom. The van der Waals surface area contributed by atoms with Crippen molar-refractivity contribution in [2.75, 3.05) is 40.0 Å². The molecule has 2 fully saturated rings. The molecular weight excluding hydrogens is 400 g/mol. The highest BCUT2D eigenvalue weighted by atomic mass is 16.5. The maximum Gasteiger partial charge on any atom is 0.253 e. The van der Waals surface area contributed by atoms with E-state index in [9.17, 15) is 4.79 Å². The van der Waals surface area contributed by atoms with Gasteiger partial charge in [0.25, 0.3) is 5.56 Å². The third kappa shape index (κ3) is 4.06. The number of H-pyrrole nitrogens is 1. The van der Waals surface area contributed by atoms with E-state index in [0.29, 0.717) is 50.0 Å². The molecule has 2 aliphatic rings. The minimum Gasteiger partial charge on any atom is -0.497 e. The number of tetrazole rings is 1. The van der Waals surface area contributed by atoms with Crippen molar-refractivity contribution in [2.45, 2.75) is 31.5 Å². The molecule has 0 radical (unpaired) electrons. The second kappa shape index (κ2) is 8.74. The number of nitrogens with zero attached hydrogens (tertiary/aromatic N) is 5. The molecule has 2 aliphatic heterocycles. The zero-order valence-corrected chi connectivity index (χ0v) is 17.5. The highest BCUT2D eigenvalue weighted by Gasteiger charge is 2.32. The van der Waals surface area contributed by atoms with Gasteiger partial charge in [0.15, 0.2) is 5.82 Å². The van der Waals surface area contributed by atoms with Crippen molar-refractivity contribution in [2.24, 2.45) is 0 Å². The van der Waals surface area contributed by atoms with Crippen molar-refractivity contribution >= 4 is 10.9 Å². The molecule has 5 rings (SSSR count). The van der Waals surface area contributed by atoms with Crippen LogP contribution in [0, 0.1) is 0 Å². The van der Waals surface area contributed by atoms with E-state index < -0.39 is 0 Å². The van der Waals surface area contributed by atoms with Crippen molar-refractivity contribution in [3.05, 3.63) is 46.0 Å². The lowest BCUT2D eigenvalue weighted by Crippen LogP contribution is -2.42. The normalized spacial score (nSPS) is 20.9. The lowest BCUT2D eigenvalue weighted by molar-refractivity contribution is 0.0205. The van der Waals surface area contributed by atoms with Crippen molar-refractivity contribution in [1.29, 1.82) is 0 Å². The summed E-state index contributed by atoms with van der Waals surface area (Å²) in [5, 5.41) is 13.4. The number of morpholine rings is 1. The smallest absolute Gasteiger partial charge is 0.253 e. The number of nitrogens with one attached hydrogen (secondary N) is 1. The van der Waals surface area contributed by atoms with Crippen LogP contribution in [0.1, 0.15) is 30.3 Å². The third-order valence-electron chi connectivity index (χ3n) is 5.99. The van der Waals surface area contributed by atoms with E-state index in [-0.39, 0.29) is 17.7 Å². The maximum absolute atomic E-state index is 13.2. The monoisotopic (exact) mass is 426 g/mol. The molecule has 164 valence electrons. The molecule has 0 unspecified atom stereocenters. The first-order chi connectivity index (χ1) is 15.2. The fourth-order valence-electron chi connectivity index (χ4n) is 4.38. The molecule has 0 spiro atoms. The fourth-order valence-corrected chi connectivity index (χ4v) is 4.38. The Hall–Kier alpha value is -2.82. The first-order valence-corrected chi connectivity index (χ1v) is 10.6.